The van der Waals surface area contributed by atoms with E-state index in [9.17, 15) is 0 Å². The van der Waals surface area contributed by atoms with E-state index in [1.54, 1.807) is 0 Å². The second kappa shape index (κ2) is 5.26. The third-order valence-electron chi connectivity index (χ3n) is 3.12. The molecule has 0 aromatic carbocycles. The van der Waals surface area contributed by atoms with Crippen LogP contribution in [0.2, 0.25) is 0 Å². The van der Waals surface area contributed by atoms with Crippen LogP contribution < -0.4 is 0 Å². The van der Waals surface area contributed by atoms with Crippen molar-refractivity contribution < 1.29 is 0 Å². The lowest BCUT2D eigenvalue weighted by Gasteiger charge is -2.26. The number of pyridine rings is 1. The van der Waals surface area contributed by atoms with Crippen molar-refractivity contribution >= 4 is 0 Å². The van der Waals surface area contributed by atoms with Crippen LogP contribution >= 0.6 is 0 Å². The fourth-order valence-corrected chi connectivity index (χ4v) is 2.18. The Labute approximate surface area is 92.3 Å². The van der Waals surface area contributed by atoms with Crippen LogP contribution in [-0.4, -0.2) is 23.0 Å². The van der Waals surface area contributed by atoms with Gasteiger partial charge in [-0.2, -0.15) is 0 Å². The Bertz CT molecular complexity index is 303. The number of hydrogen-bond donors (Lipinski definition) is 0. The highest BCUT2D eigenvalue weighted by atomic mass is 15.1. The number of nitrogens with zero attached hydrogens (tertiary/aromatic N) is 2. The van der Waals surface area contributed by atoms with Crippen molar-refractivity contribution in [3.05, 3.63) is 29.6 Å². The maximum absolute atomic E-state index is 4.44. The van der Waals surface area contributed by atoms with Crippen LogP contribution in [-0.2, 0) is 13.0 Å². The van der Waals surface area contributed by atoms with Gasteiger partial charge in [-0.15, -0.1) is 0 Å². The Morgan fingerprint density at radius 2 is 2.07 bits per heavy atom. The topological polar surface area (TPSA) is 16.1 Å². The van der Waals surface area contributed by atoms with E-state index in [0.29, 0.717) is 0 Å². The maximum Gasteiger partial charge on any atom is 0.0546 e. The zero-order chi connectivity index (χ0) is 10.5. The van der Waals surface area contributed by atoms with Gasteiger partial charge >= 0.3 is 0 Å². The highest BCUT2D eigenvalue weighted by Crippen LogP contribution is 2.12. The lowest BCUT2D eigenvalue weighted by atomic mass is 10.1. The van der Waals surface area contributed by atoms with Crippen molar-refractivity contribution in [3.63, 3.8) is 0 Å². The zero-order valence-corrected chi connectivity index (χ0v) is 9.58. The van der Waals surface area contributed by atoms with Gasteiger partial charge in [0.05, 0.1) is 5.69 Å². The first-order chi connectivity index (χ1) is 7.38. The second-order valence-corrected chi connectivity index (χ2v) is 4.35. The van der Waals surface area contributed by atoms with Gasteiger partial charge in [0, 0.05) is 12.7 Å². The number of rotatable bonds is 3. The summed E-state index contributed by atoms with van der Waals surface area (Å²) in [6.07, 6.45) is 7.16. The average Bonchev–Trinajstić information content (AvgIpc) is 2.31. The Morgan fingerprint density at radius 3 is 2.80 bits per heavy atom. The molecule has 82 valence electrons. The summed E-state index contributed by atoms with van der Waals surface area (Å²) in [4.78, 5) is 6.96. The molecule has 1 saturated heterocycles. The van der Waals surface area contributed by atoms with Gasteiger partial charge in [0.2, 0.25) is 0 Å². The minimum absolute atomic E-state index is 1.04. The maximum atomic E-state index is 4.44. The van der Waals surface area contributed by atoms with E-state index in [1.807, 2.05) is 6.20 Å². The summed E-state index contributed by atoms with van der Waals surface area (Å²) < 4.78 is 0. The molecule has 0 atom stereocenters. The Kier molecular flexibility index (Phi) is 3.73. The molecule has 2 heteroatoms. The summed E-state index contributed by atoms with van der Waals surface area (Å²) in [5, 5.41) is 0. The molecule has 0 saturated carbocycles. The normalized spacial score (nSPS) is 17.9. The van der Waals surface area contributed by atoms with Gasteiger partial charge in [-0.1, -0.05) is 13.3 Å². The molecular weight excluding hydrogens is 184 g/mol. The number of likely N-dealkylation sites (tertiary alicyclic amines) is 1. The molecule has 1 aromatic rings. The Morgan fingerprint density at radius 1 is 1.27 bits per heavy atom. The van der Waals surface area contributed by atoms with E-state index in [-0.39, 0.29) is 0 Å². The van der Waals surface area contributed by atoms with Crippen molar-refractivity contribution in [1.29, 1.82) is 0 Å². The number of aromatic nitrogens is 1. The van der Waals surface area contributed by atoms with Gasteiger partial charge in [-0.3, -0.25) is 9.88 Å². The first kappa shape index (κ1) is 10.6. The lowest BCUT2D eigenvalue weighted by molar-refractivity contribution is 0.218. The Hall–Kier alpha value is -0.890. The predicted molar refractivity (Wildman–Crippen MR) is 62.7 cm³/mol. The fourth-order valence-electron chi connectivity index (χ4n) is 2.18. The van der Waals surface area contributed by atoms with E-state index < -0.39 is 0 Å². The first-order valence-corrected chi connectivity index (χ1v) is 6.04. The van der Waals surface area contributed by atoms with E-state index in [0.717, 1.165) is 13.0 Å². The van der Waals surface area contributed by atoms with Gasteiger partial charge in [0.15, 0.2) is 0 Å². The van der Waals surface area contributed by atoms with Crippen LogP contribution in [0, 0.1) is 0 Å². The molecule has 1 aliphatic heterocycles. The van der Waals surface area contributed by atoms with Crippen LogP contribution in [0.4, 0.5) is 0 Å². The quantitative estimate of drug-likeness (QED) is 0.752. The molecule has 0 N–H and O–H groups in total. The zero-order valence-electron chi connectivity index (χ0n) is 9.58. The van der Waals surface area contributed by atoms with Gasteiger partial charge < -0.3 is 0 Å². The fraction of sp³-hybridized carbons (Fsp3) is 0.615. The number of aryl methyl sites for hydroxylation is 1. The van der Waals surface area contributed by atoms with Gasteiger partial charge in [0.25, 0.3) is 0 Å². The minimum atomic E-state index is 1.04. The molecule has 2 rings (SSSR count). The summed E-state index contributed by atoms with van der Waals surface area (Å²) in [5.74, 6) is 0. The van der Waals surface area contributed by atoms with Crippen LogP contribution in [0.5, 0.6) is 0 Å². The Balaban J connectivity index is 1.96. The van der Waals surface area contributed by atoms with Crippen LogP contribution in [0.3, 0.4) is 0 Å². The molecule has 0 aliphatic carbocycles. The van der Waals surface area contributed by atoms with Crippen molar-refractivity contribution in [2.24, 2.45) is 0 Å². The van der Waals surface area contributed by atoms with Crippen molar-refractivity contribution in [3.8, 4) is 0 Å². The third-order valence-corrected chi connectivity index (χ3v) is 3.12. The SMILES string of the molecule is CCc1ccnc(CN2CCCCC2)c1. The average molecular weight is 204 g/mol. The smallest absolute Gasteiger partial charge is 0.0546 e. The van der Waals surface area contributed by atoms with Crippen molar-refractivity contribution in [1.82, 2.24) is 9.88 Å². The van der Waals surface area contributed by atoms with Crippen molar-refractivity contribution in [2.75, 3.05) is 13.1 Å². The second-order valence-electron chi connectivity index (χ2n) is 4.35. The molecular formula is C13H20N2. The van der Waals surface area contributed by atoms with Gasteiger partial charge in [-0.25, -0.2) is 0 Å². The molecule has 1 aromatic heterocycles. The van der Waals surface area contributed by atoms with E-state index in [1.165, 1.54) is 43.6 Å². The standard InChI is InChI=1S/C13H20N2/c1-2-12-6-7-14-13(10-12)11-15-8-4-3-5-9-15/h6-7,10H,2-5,8-9,11H2,1H3. The monoisotopic (exact) mass is 204 g/mol. The van der Waals surface area contributed by atoms with Crippen LogP contribution in [0.15, 0.2) is 18.3 Å². The number of hydrogen-bond acceptors (Lipinski definition) is 2. The van der Waals surface area contributed by atoms with Crippen LogP contribution in [0.25, 0.3) is 0 Å². The summed E-state index contributed by atoms with van der Waals surface area (Å²) in [6.45, 7) is 5.73. The molecule has 0 radical (unpaired) electrons. The third kappa shape index (κ3) is 3.03. The van der Waals surface area contributed by atoms with E-state index >= 15 is 0 Å². The molecule has 1 aliphatic rings. The highest BCUT2D eigenvalue weighted by molar-refractivity contribution is 5.16. The predicted octanol–water partition coefficient (Wildman–Crippen LogP) is 2.63. The summed E-state index contributed by atoms with van der Waals surface area (Å²) in [5.41, 5.74) is 2.63. The molecule has 0 unspecified atom stereocenters. The molecule has 15 heavy (non-hydrogen) atoms. The minimum Gasteiger partial charge on any atom is -0.298 e. The molecule has 2 nitrogen and oxygen atoms in total. The highest BCUT2D eigenvalue weighted by Gasteiger charge is 2.10. The summed E-state index contributed by atoms with van der Waals surface area (Å²) in [6, 6.07) is 4.36. The molecule has 0 spiro atoms. The first-order valence-electron chi connectivity index (χ1n) is 6.04. The largest absolute Gasteiger partial charge is 0.298 e. The van der Waals surface area contributed by atoms with Crippen molar-refractivity contribution in [2.45, 2.75) is 39.2 Å². The van der Waals surface area contributed by atoms with Gasteiger partial charge in [-0.05, 0) is 50.0 Å². The molecule has 0 amide bonds. The van der Waals surface area contributed by atoms with Crippen LogP contribution in [0.1, 0.15) is 37.4 Å². The number of piperidine rings is 1. The lowest BCUT2D eigenvalue weighted by Crippen LogP contribution is -2.29. The summed E-state index contributed by atoms with van der Waals surface area (Å²) in [7, 11) is 0. The molecule has 2 heterocycles. The molecule has 0 bridgehead atoms. The molecule has 1 fully saturated rings. The van der Waals surface area contributed by atoms with Gasteiger partial charge in [0.1, 0.15) is 0 Å². The van der Waals surface area contributed by atoms with E-state index in [4.69, 9.17) is 0 Å². The van der Waals surface area contributed by atoms with E-state index in [2.05, 4.69) is 28.9 Å². The summed E-state index contributed by atoms with van der Waals surface area (Å²) >= 11 is 0.